The van der Waals surface area contributed by atoms with Crippen LogP contribution in [0, 0.1) is 0 Å². The van der Waals surface area contributed by atoms with Crippen LogP contribution in [-0.2, 0) is 0 Å². The molecular weight excluding hydrogens is 252 g/mol. The van der Waals surface area contributed by atoms with Crippen molar-refractivity contribution in [1.82, 2.24) is 9.88 Å². The normalized spacial score (nSPS) is 20.3. The van der Waals surface area contributed by atoms with Gasteiger partial charge in [-0.15, -0.1) is 11.8 Å². The van der Waals surface area contributed by atoms with E-state index in [0.717, 1.165) is 0 Å². The Kier molecular flexibility index (Phi) is 5.71. The zero-order valence-corrected chi connectivity index (χ0v) is 13.2. The van der Waals surface area contributed by atoms with Gasteiger partial charge in [0.15, 0.2) is 0 Å². The number of aromatic nitrogens is 1. The molecule has 0 bridgehead atoms. The van der Waals surface area contributed by atoms with E-state index in [1.54, 1.807) is 0 Å². The summed E-state index contributed by atoms with van der Waals surface area (Å²) in [6.45, 7) is 9.25. The highest BCUT2D eigenvalue weighted by Crippen LogP contribution is 2.37. The molecule has 0 aliphatic carbocycles. The van der Waals surface area contributed by atoms with Gasteiger partial charge < -0.3 is 0 Å². The molecule has 2 heterocycles. The molecule has 0 radical (unpaired) electrons. The fourth-order valence-electron chi connectivity index (χ4n) is 2.79. The molecule has 0 saturated carbocycles. The first kappa shape index (κ1) is 14.9. The number of thioether (sulfide) groups is 1. The van der Waals surface area contributed by atoms with Gasteiger partial charge in [0.2, 0.25) is 0 Å². The van der Waals surface area contributed by atoms with E-state index in [2.05, 4.69) is 42.8 Å². The van der Waals surface area contributed by atoms with Gasteiger partial charge in [-0.05, 0) is 38.4 Å². The molecule has 19 heavy (non-hydrogen) atoms. The second kappa shape index (κ2) is 7.30. The van der Waals surface area contributed by atoms with E-state index < -0.39 is 0 Å². The van der Waals surface area contributed by atoms with Gasteiger partial charge >= 0.3 is 0 Å². The highest BCUT2D eigenvalue weighted by atomic mass is 32.2. The standard InChI is InChI=1S/C16H26N2S/c1-4-5-11-18-12-7-9-15(18)14-8-6-10-17-16(14)19-13(2)3/h6,8,10,13,15H,4-5,7,9,11-12H2,1-3H3. The fraction of sp³-hybridized carbons (Fsp3) is 0.688. The van der Waals surface area contributed by atoms with Crippen molar-refractivity contribution in [1.29, 1.82) is 0 Å². The van der Waals surface area contributed by atoms with Crippen LogP contribution in [0.5, 0.6) is 0 Å². The molecule has 2 rings (SSSR count). The van der Waals surface area contributed by atoms with E-state index in [9.17, 15) is 0 Å². The van der Waals surface area contributed by atoms with Gasteiger partial charge in [-0.3, -0.25) is 4.90 Å². The lowest BCUT2D eigenvalue weighted by atomic mass is 10.1. The number of pyridine rings is 1. The lowest BCUT2D eigenvalue weighted by molar-refractivity contribution is 0.250. The molecule has 1 saturated heterocycles. The van der Waals surface area contributed by atoms with Gasteiger partial charge in [0.05, 0.1) is 0 Å². The van der Waals surface area contributed by atoms with Crippen LogP contribution in [0.4, 0.5) is 0 Å². The molecule has 106 valence electrons. The summed E-state index contributed by atoms with van der Waals surface area (Å²) in [4.78, 5) is 7.27. The molecular formula is C16H26N2S. The summed E-state index contributed by atoms with van der Waals surface area (Å²) in [5, 5.41) is 1.84. The van der Waals surface area contributed by atoms with Crippen LogP contribution in [0.1, 0.15) is 58.1 Å². The van der Waals surface area contributed by atoms with Crippen LogP contribution in [-0.4, -0.2) is 28.2 Å². The Bertz CT molecular complexity index is 392. The molecule has 1 aliphatic rings. The van der Waals surface area contributed by atoms with Crippen LogP contribution in [0.2, 0.25) is 0 Å². The number of hydrogen-bond donors (Lipinski definition) is 0. The van der Waals surface area contributed by atoms with E-state index in [-0.39, 0.29) is 0 Å². The zero-order chi connectivity index (χ0) is 13.7. The van der Waals surface area contributed by atoms with Crippen LogP contribution < -0.4 is 0 Å². The van der Waals surface area contributed by atoms with Gasteiger partial charge in [-0.1, -0.05) is 33.3 Å². The Hall–Kier alpha value is -0.540. The largest absolute Gasteiger partial charge is 0.296 e. The summed E-state index contributed by atoms with van der Waals surface area (Å²) in [6, 6.07) is 4.98. The number of likely N-dealkylation sites (tertiary alicyclic amines) is 1. The van der Waals surface area contributed by atoms with E-state index in [1.807, 2.05) is 18.0 Å². The molecule has 1 fully saturated rings. The highest BCUT2D eigenvalue weighted by Gasteiger charge is 2.27. The van der Waals surface area contributed by atoms with Crippen molar-refractivity contribution in [2.75, 3.05) is 13.1 Å². The summed E-state index contributed by atoms with van der Waals surface area (Å²) >= 11 is 1.90. The molecule has 2 nitrogen and oxygen atoms in total. The fourth-order valence-corrected chi connectivity index (χ4v) is 3.69. The monoisotopic (exact) mass is 278 g/mol. The highest BCUT2D eigenvalue weighted by molar-refractivity contribution is 7.99. The topological polar surface area (TPSA) is 16.1 Å². The maximum atomic E-state index is 4.61. The summed E-state index contributed by atoms with van der Waals surface area (Å²) in [6.07, 6.45) is 7.14. The van der Waals surface area contributed by atoms with E-state index in [4.69, 9.17) is 0 Å². The van der Waals surface area contributed by atoms with Gasteiger partial charge in [0.1, 0.15) is 5.03 Å². The quantitative estimate of drug-likeness (QED) is 0.712. The van der Waals surface area contributed by atoms with Gasteiger partial charge in [-0.25, -0.2) is 4.98 Å². The number of nitrogens with zero attached hydrogens (tertiary/aromatic N) is 2. The summed E-state index contributed by atoms with van der Waals surface area (Å²) in [5.41, 5.74) is 1.45. The maximum absolute atomic E-state index is 4.61. The molecule has 0 aromatic carbocycles. The smallest absolute Gasteiger partial charge is 0.101 e. The second-order valence-electron chi connectivity index (χ2n) is 5.61. The molecule has 0 spiro atoms. The molecule has 0 amide bonds. The SMILES string of the molecule is CCCCN1CCCC1c1cccnc1SC(C)C. The third-order valence-electron chi connectivity index (χ3n) is 3.67. The Morgan fingerprint density at radius 1 is 1.47 bits per heavy atom. The first-order valence-corrected chi connectivity index (χ1v) is 8.46. The molecule has 3 heteroatoms. The number of hydrogen-bond acceptors (Lipinski definition) is 3. The number of rotatable bonds is 6. The van der Waals surface area contributed by atoms with E-state index in [1.165, 1.54) is 49.4 Å². The third-order valence-corrected chi connectivity index (χ3v) is 4.71. The zero-order valence-electron chi connectivity index (χ0n) is 12.4. The van der Waals surface area contributed by atoms with Gasteiger partial charge in [-0.2, -0.15) is 0 Å². The maximum Gasteiger partial charge on any atom is 0.101 e. The molecule has 0 N–H and O–H groups in total. The summed E-state index contributed by atoms with van der Waals surface area (Å²) < 4.78 is 0. The van der Waals surface area contributed by atoms with Crippen molar-refractivity contribution >= 4 is 11.8 Å². The van der Waals surface area contributed by atoms with E-state index >= 15 is 0 Å². The minimum Gasteiger partial charge on any atom is -0.296 e. The molecule has 1 unspecified atom stereocenters. The first-order chi connectivity index (χ1) is 9.22. The minimum absolute atomic E-state index is 0.596. The molecule has 1 aliphatic heterocycles. The van der Waals surface area contributed by atoms with Crippen molar-refractivity contribution in [3.8, 4) is 0 Å². The molecule has 1 atom stereocenters. The minimum atomic E-state index is 0.596. The van der Waals surface area contributed by atoms with Crippen molar-refractivity contribution in [2.24, 2.45) is 0 Å². The van der Waals surface area contributed by atoms with Crippen molar-refractivity contribution in [3.05, 3.63) is 23.9 Å². The Morgan fingerprint density at radius 3 is 3.05 bits per heavy atom. The Labute approximate surface area is 122 Å². The lowest BCUT2D eigenvalue weighted by Crippen LogP contribution is -2.25. The molecule has 1 aromatic rings. The van der Waals surface area contributed by atoms with Gasteiger partial charge in [0, 0.05) is 23.1 Å². The van der Waals surface area contributed by atoms with Crippen LogP contribution >= 0.6 is 11.8 Å². The predicted molar refractivity (Wildman–Crippen MR) is 83.7 cm³/mol. The average molecular weight is 278 g/mol. The van der Waals surface area contributed by atoms with Crippen LogP contribution in [0.3, 0.4) is 0 Å². The predicted octanol–water partition coefficient (Wildman–Crippen LogP) is 4.52. The first-order valence-electron chi connectivity index (χ1n) is 7.58. The van der Waals surface area contributed by atoms with Crippen molar-refractivity contribution < 1.29 is 0 Å². The number of unbranched alkanes of at least 4 members (excludes halogenated alkanes) is 1. The summed E-state index contributed by atoms with van der Waals surface area (Å²) in [7, 11) is 0. The molecule has 1 aromatic heterocycles. The van der Waals surface area contributed by atoms with E-state index in [0.29, 0.717) is 11.3 Å². The van der Waals surface area contributed by atoms with Crippen molar-refractivity contribution in [2.45, 2.75) is 62.8 Å². The van der Waals surface area contributed by atoms with Gasteiger partial charge in [0.25, 0.3) is 0 Å². The average Bonchev–Trinajstić information content (AvgIpc) is 2.84. The third kappa shape index (κ3) is 3.96. The summed E-state index contributed by atoms with van der Waals surface area (Å²) in [5.74, 6) is 0. The Balaban J connectivity index is 2.15. The van der Waals surface area contributed by atoms with Crippen molar-refractivity contribution in [3.63, 3.8) is 0 Å². The lowest BCUT2D eigenvalue weighted by Gasteiger charge is -2.26. The Morgan fingerprint density at radius 2 is 2.32 bits per heavy atom. The second-order valence-corrected chi connectivity index (χ2v) is 7.18. The van der Waals surface area contributed by atoms with Crippen LogP contribution in [0.15, 0.2) is 23.4 Å². The van der Waals surface area contributed by atoms with Crippen LogP contribution in [0.25, 0.3) is 0 Å².